The van der Waals surface area contributed by atoms with Crippen LogP contribution in [0.15, 0.2) is 24.3 Å². The van der Waals surface area contributed by atoms with Crippen LogP contribution in [0.25, 0.3) is 0 Å². The average molecular weight is 379 g/mol. The predicted molar refractivity (Wildman–Crippen MR) is 105 cm³/mol. The van der Waals surface area contributed by atoms with Crippen molar-refractivity contribution in [3.8, 4) is 17.6 Å². The van der Waals surface area contributed by atoms with E-state index in [1.54, 1.807) is 12.1 Å². The third-order valence-corrected chi connectivity index (χ3v) is 9.65. The topological polar surface area (TPSA) is 27.7 Å². The summed E-state index contributed by atoms with van der Waals surface area (Å²) in [5, 5.41) is 0.229. The molecule has 1 aromatic carbocycles. The molecule has 2 atom stereocenters. The molecule has 5 heteroatoms. The van der Waals surface area contributed by atoms with Crippen molar-refractivity contribution in [2.75, 3.05) is 13.2 Å². The summed E-state index contributed by atoms with van der Waals surface area (Å²) in [6, 6.07) is 6.05. The van der Waals surface area contributed by atoms with E-state index in [0.717, 1.165) is 19.3 Å². The van der Waals surface area contributed by atoms with E-state index in [-0.39, 0.29) is 23.1 Å². The van der Waals surface area contributed by atoms with Gasteiger partial charge in [-0.25, -0.2) is 4.39 Å². The molecule has 1 unspecified atom stereocenters. The number of hydrogen-bond acceptors (Lipinski definition) is 3. The van der Waals surface area contributed by atoms with Gasteiger partial charge in [0.05, 0.1) is 6.10 Å². The smallest absolute Gasteiger partial charge is 0.192 e. The fraction of sp³-hybridized carbons (Fsp3) is 0.619. The summed E-state index contributed by atoms with van der Waals surface area (Å²) < 4.78 is 30.6. The number of benzene rings is 1. The molecule has 1 aromatic rings. The highest BCUT2D eigenvalue weighted by Crippen LogP contribution is 2.36. The molecule has 1 saturated heterocycles. The Kier molecular flexibility index (Phi) is 7.28. The zero-order valence-corrected chi connectivity index (χ0v) is 17.6. The van der Waals surface area contributed by atoms with Gasteiger partial charge >= 0.3 is 0 Å². The molecule has 3 nitrogen and oxygen atoms in total. The normalized spacial score (nSPS) is 20.5. The van der Waals surface area contributed by atoms with Gasteiger partial charge in [-0.1, -0.05) is 32.6 Å². The predicted octanol–water partition coefficient (Wildman–Crippen LogP) is 5.17. The van der Waals surface area contributed by atoms with E-state index in [2.05, 4.69) is 45.7 Å². The number of ether oxygens (including phenoxy) is 2. The summed E-state index contributed by atoms with van der Waals surface area (Å²) in [6.45, 7) is 12.4. The first kappa shape index (κ1) is 21.0. The Morgan fingerprint density at radius 3 is 2.54 bits per heavy atom. The van der Waals surface area contributed by atoms with Crippen molar-refractivity contribution in [2.24, 2.45) is 0 Å². The Hall–Kier alpha value is -1.35. The van der Waals surface area contributed by atoms with Gasteiger partial charge in [-0.3, -0.25) is 0 Å². The van der Waals surface area contributed by atoms with Gasteiger partial charge < -0.3 is 13.9 Å². The highest BCUT2D eigenvalue weighted by Gasteiger charge is 2.36. The summed E-state index contributed by atoms with van der Waals surface area (Å²) in [5.74, 6) is 6.79. The van der Waals surface area contributed by atoms with Crippen LogP contribution in [0.1, 0.15) is 40.0 Å². The second kappa shape index (κ2) is 9.03. The van der Waals surface area contributed by atoms with Crippen LogP contribution >= 0.6 is 0 Å². The molecule has 0 bridgehead atoms. The molecule has 0 radical (unpaired) electrons. The van der Waals surface area contributed by atoms with Gasteiger partial charge in [-0.15, -0.1) is 0 Å². The van der Waals surface area contributed by atoms with Crippen molar-refractivity contribution in [3.63, 3.8) is 0 Å². The molecule has 0 spiro atoms. The van der Waals surface area contributed by atoms with Crippen molar-refractivity contribution in [2.45, 2.75) is 70.4 Å². The lowest BCUT2D eigenvalue weighted by Gasteiger charge is -2.35. The number of hydrogen-bond donors (Lipinski definition) is 0. The maximum Gasteiger partial charge on any atom is 0.192 e. The minimum absolute atomic E-state index is 0.0234. The molecular weight excluding hydrogens is 347 g/mol. The lowest BCUT2D eigenvalue weighted by molar-refractivity contribution is 0.0419. The molecule has 26 heavy (non-hydrogen) atoms. The van der Waals surface area contributed by atoms with Crippen LogP contribution in [-0.4, -0.2) is 33.7 Å². The lowest BCUT2D eigenvalue weighted by Crippen LogP contribution is -2.40. The van der Waals surface area contributed by atoms with Crippen LogP contribution in [0.3, 0.4) is 0 Å². The lowest BCUT2D eigenvalue weighted by atomic mass is 10.2. The SMILES string of the molecule is CC(C)(C)[Si](C)(C)OCCC#C[C@H]1CCC(COc2ccc(F)cc2)O1. The van der Waals surface area contributed by atoms with E-state index in [1.165, 1.54) is 12.1 Å². The van der Waals surface area contributed by atoms with Crippen LogP contribution in [-0.2, 0) is 9.16 Å². The fourth-order valence-corrected chi connectivity index (χ4v) is 3.46. The molecule has 1 aliphatic heterocycles. The van der Waals surface area contributed by atoms with E-state index in [4.69, 9.17) is 13.9 Å². The molecule has 0 amide bonds. The van der Waals surface area contributed by atoms with E-state index < -0.39 is 8.32 Å². The van der Waals surface area contributed by atoms with Crippen LogP contribution < -0.4 is 4.74 Å². The summed E-state index contributed by atoms with van der Waals surface area (Å²) in [6.07, 6.45) is 2.62. The largest absolute Gasteiger partial charge is 0.491 e. The van der Waals surface area contributed by atoms with E-state index >= 15 is 0 Å². The minimum Gasteiger partial charge on any atom is -0.491 e. The summed E-state index contributed by atoms with van der Waals surface area (Å²) in [4.78, 5) is 0. The van der Waals surface area contributed by atoms with Crippen molar-refractivity contribution in [1.82, 2.24) is 0 Å². The molecule has 0 N–H and O–H groups in total. The molecule has 144 valence electrons. The Balaban J connectivity index is 1.66. The standard InChI is InChI=1S/C21H31FO3Si/c1-21(2,3)26(4,5)24-15-7-6-8-19-13-14-20(25-19)16-23-18-11-9-17(22)10-12-18/h9-12,19-20H,7,13-16H2,1-5H3/t19-,20?/m0/s1. The maximum atomic E-state index is 12.9. The third kappa shape index (κ3) is 6.42. The van der Waals surface area contributed by atoms with E-state index in [9.17, 15) is 4.39 Å². The zero-order valence-electron chi connectivity index (χ0n) is 16.6. The van der Waals surface area contributed by atoms with Crippen LogP contribution in [0.5, 0.6) is 5.75 Å². The molecule has 1 heterocycles. The van der Waals surface area contributed by atoms with E-state index in [0.29, 0.717) is 19.0 Å². The third-order valence-electron chi connectivity index (χ3n) is 5.12. The second-order valence-corrected chi connectivity index (χ2v) is 13.1. The fourth-order valence-electron chi connectivity index (χ4n) is 2.41. The average Bonchev–Trinajstić information content (AvgIpc) is 3.01. The molecule has 0 aliphatic carbocycles. The monoisotopic (exact) mass is 378 g/mol. The minimum atomic E-state index is -1.68. The maximum absolute atomic E-state index is 12.9. The molecule has 0 aromatic heterocycles. The Bertz CT molecular complexity index is 625. The van der Waals surface area contributed by atoms with Crippen molar-refractivity contribution in [1.29, 1.82) is 0 Å². The highest BCUT2D eigenvalue weighted by molar-refractivity contribution is 6.74. The van der Waals surface area contributed by atoms with Crippen molar-refractivity contribution >= 4 is 8.32 Å². The molecule has 0 saturated carbocycles. The van der Waals surface area contributed by atoms with Gasteiger partial charge in [0.15, 0.2) is 8.32 Å². The number of rotatable bonds is 6. The van der Waals surface area contributed by atoms with Gasteiger partial charge in [0.25, 0.3) is 0 Å². The van der Waals surface area contributed by atoms with Gasteiger partial charge in [-0.2, -0.15) is 0 Å². The molecular formula is C21H31FO3Si. The number of halogens is 1. The van der Waals surface area contributed by atoms with Crippen LogP contribution in [0.2, 0.25) is 18.1 Å². The van der Waals surface area contributed by atoms with E-state index in [1.807, 2.05) is 0 Å². The Morgan fingerprint density at radius 2 is 1.88 bits per heavy atom. The quantitative estimate of drug-likeness (QED) is 0.388. The molecule has 1 aliphatic rings. The summed E-state index contributed by atoms with van der Waals surface area (Å²) >= 11 is 0. The Morgan fingerprint density at radius 1 is 1.19 bits per heavy atom. The van der Waals surface area contributed by atoms with Gasteiger partial charge in [0.1, 0.15) is 24.3 Å². The first-order valence-corrected chi connectivity index (χ1v) is 12.2. The molecule has 2 rings (SSSR count). The van der Waals surface area contributed by atoms with Crippen LogP contribution in [0, 0.1) is 17.7 Å². The van der Waals surface area contributed by atoms with Crippen molar-refractivity contribution < 1.29 is 18.3 Å². The Labute approximate surface area is 158 Å². The second-order valence-electron chi connectivity index (χ2n) is 8.27. The van der Waals surface area contributed by atoms with Gasteiger partial charge in [0.2, 0.25) is 0 Å². The van der Waals surface area contributed by atoms with Crippen molar-refractivity contribution in [3.05, 3.63) is 30.1 Å². The zero-order chi connectivity index (χ0) is 19.2. The first-order valence-electron chi connectivity index (χ1n) is 9.33. The highest BCUT2D eigenvalue weighted by atomic mass is 28.4. The summed E-state index contributed by atoms with van der Waals surface area (Å²) in [7, 11) is -1.68. The molecule has 1 fully saturated rings. The first-order chi connectivity index (χ1) is 12.2. The summed E-state index contributed by atoms with van der Waals surface area (Å²) in [5.41, 5.74) is 0. The van der Waals surface area contributed by atoms with Gasteiger partial charge in [0, 0.05) is 13.0 Å². The van der Waals surface area contributed by atoms with Gasteiger partial charge in [-0.05, 0) is 55.2 Å². The van der Waals surface area contributed by atoms with Crippen LogP contribution in [0.4, 0.5) is 4.39 Å².